The lowest BCUT2D eigenvalue weighted by atomic mass is 9.94. The standard InChI is InChI=1S/C17H29N3S.HI/c1-14(16-10-6-5-7-11-16)15(2)20-17(18-3)19-12-8-9-13-21-4;/h5-7,10-11,14-15H,8-9,12-13H2,1-4H3,(H2,18,19,20);1H. The molecule has 0 radical (unpaired) electrons. The lowest BCUT2D eigenvalue weighted by molar-refractivity contribution is 0.549. The molecule has 0 heterocycles. The number of aliphatic imine (C=N–C) groups is 1. The van der Waals surface area contributed by atoms with Gasteiger partial charge in [0.1, 0.15) is 0 Å². The number of hydrogen-bond donors (Lipinski definition) is 2. The summed E-state index contributed by atoms with van der Waals surface area (Å²) in [5.74, 6) is 2.57. The molecule has 1 aromatic rings. The highest BCUT2D eigenvalue weighted by Gasteiger charge is 2.14. The summed E-state index contributed by atoms with van der Waals surface area (Å²) in [7, 11) is 1.83. The Morgan fingerprint density at radius 2 is 1.86 bits per heavy atom. The summed E-state index contributed by atoms with van der Waals surface area (Å²) in [5, 5.41) is 6.88. The van der Waals surface area contributed by atoms with E-state index in [2.05, 4.69) is 66.1 Å². The summed E-state index contributed by atoms with van der Waals surface area (Å²) in [4.78, 5) is 4.31. The fourth-order valence-corrected chi connectivity index (χ4v) is 2.65. The van der Waals surface area contributed by atoms with E-state index in [-0.39, 0.29) is 24.0 Å². The molecule has 2 atom stereocenters. The van der Waals surface area contributed by atoms with Gasteiger partial charge in [0.25, 0.3) is 0 Å². The van der Waals surface area contributed by atoms with Crippen LogP contribution in [0.5, 0.6) is 0 Å². The van der Waals surface area contributed by atoms with E-state index in [9.17, 15) is 0 Å². The Bertz CT molecular complexity index is 412. The van der Waals surface area contributed by atoms with Gasteiger partial charge in [-0.1, -0.05) is 37.3 Å². The molecule has 0 saturated carbocycles. The summed E-state index contributed by atoms with van der Waals surface area (Å²) < 4.78 is 0. The second kappa shape index (κ2) is 13.0. The third kappa shape index (κ3) is 8.27. The molecule has 0 aliphatic rings. The van der Waals surface area contributed by atoms with E-state index in [4.69, 9.17) is 0 Å². The summed E-state index contributed by atoms with van der Waals surface area (Å²) in [5.41, 5.74) is 1.35. The number of nitrogens with one attached hydrogen (secondary N) is 2. The zero-order valence-corrected chi connectivity index (χ0v) is 17.3. The minimum Gasteiger partial charge on any atom is -0.356 e. The van der Waals surface area contributed by atoms with Crippen molar-refractivity contribution < 1.29 is 0 Å². The van der Waals surface area contributed by atoms with Crippen LogP contribution in [0.1, 0.15) is 38.2 Å². The Labute approximate surface area is 157 Å². The molecule has 22 heavy (non-hydrogen) atoms. The van der Waals surface area contributed by atoms with Crippen LogP contribution in [0.3, 0.4) is 0 Å². The number of halogens is 1. The molecule has 2 N–H and O–H groups in total. The maximum Gasteiger partial charge on any atom is 0.191 e. The molecule has 2 unspecified atom stereocenters. The van der Waals surface area contributed by atoms with Crippen molar-refractivity contribution in [2.75, 3.05) is 25.6 Å². The first-order valence-electron chi connectivity index (χ1n) is 7.70. The van der Waals surface area contributed by atoms with E-state index in [1.807, 2.05) is 18.8 Å². The first-order valence-corrected chi connectivity index (χ1v) is 9.09. The first-order chi connectivity index (χ1) is 10.2. The van der Waals surface area contributed by atoms with Crippen molar-refractivity contribution in [1.82, 2.24) is 10.6 Å². The number of thioether (sulfide) groups is 1. The van der Waals surface area contributed by atoms with Crippen LogP contribution < -0.4 is 10.6 Å². The van der Waals surface area contributed by atoms with Crippen LogP contribution >= 0.6 is 35.7 Å². The van der Waals surface area contributed by atoms with Crippen molar-refractivity contribution in [3.05, 3.63) is 35.9 Å². The summed E-state index contributed by atoms with van der Waals surface area (Å²) >= 11 is 1.90. The topological polar surface area (TPSA) is 36.4 Å². The third-order valence-corrected chi connectivity index (χ3v) is 4.43. The van der Waals surface area contributed by atoms with Gasteiger partial charge in [0, 0.05) is 25.6 Å². The van der Waals surface area contributed by atoms with Crippen molar-refractivity contribution in [3.8, 4) is 0 Å². The lowest BCUT2D eigenvalue weighted by Gasteiger charge is -2.24. The van der Waals surface area contributed by atoms with Crippen molar-refractivity contribution in [2.24, 2.45) is 4.99 Å². The maximum atomic E-state index is 4.31. The second-order valence-corrected chi connectivity index (χ2v) is 6.32. The molecule has 5 heteroatoms. The van der Waals surface area contributed by atoms with E-state index >= 15 is 0 Å². The molecule has 3 nitrogen and oxygen atoms in total. The van der Waals surface area contributed by atoms with Crippen LogP contribution in [0, 0.1) is 0 Å². The Morgan fingerprint density at radius 1 is 1.18 bits per heavy atom. The maximum absolute atomic E-state index is 4.31. The summed E-state index contributed by atoms with van der Waals surface area (Å²) in [6.45, 7) is 5.43. The van der Waals surface area contributed by atoms with Gasteiger partial charge in [0.05, 0.1) is 0 Å². The van der Waals surface area contributed by atoms with Gasteiger partial charge < -0.3 is 10.6 Å². The van der Waals surface area contributed by atoms with Crippen LogP contribution in [-0.2, 0) is 0 Å². The third-order valence-electron chi connectivity index (χ3n) is 3.73. The Hall–Kier alpha value is -0.430. The minimum absolute atomic E-state index is 0. The van der Waals surface area contributed by atoms with Crippen molar-refractivity contribution in [1.29, 1.82) is 0 Å². The van der Waals surface area contributed by atoms with Crippen LogP contribution in [0.25, 0.3) is 0 Å². The average Bonchev–Trinajstić information content (AvgIpc) is 2.53. The molecule has 0 aliphatic carbocycles. The highest BCUT2D eigenvalue weighted by molar-refractivity contribution is 14.0. The zero-order valence-electron chi connectivity index (χ0n) is 14.1. The summed E-state index contributed by atoms with van der Waals surface area (Å²) in [6, 6.07) is 10.9. The van der Waals surface area contributed by atoms with Crippen molar-refractivity contribution in [2.45, 2.75) is 38.6 Å². The highest BCUT2D eigenvalue weighted by atomic mass is 127. The smallest absolute Gasteiger partial charge is 0.191 e. The average molecular weight is 435 g/mol. The second-order valence-electron chi connectivity index (χ2n) is 5.33. The summed E-state index contributed by atoms with van der Waals surface area (Å²) in [6.07, 6.45) is 4.59. The van der Waals surface area contributed by atoms with E-state index in [0.29, 0.717) is 12.0 Å². The van der Waals surface area contributed by atoms with E-state index in [0.717, 1.165) is 12.5 Å². The first kappa shape index (κ1) is 21.6. The van der Waals surface area contributed by atoms with Crippen LogP contribution in [0.4, 0.5) is 0 Å². The van der Waals surface area contributed by atoms with Gasteiger partial charge >= 0.3 is 0 Å². The van der Waals surface area contributed by atoms with Crippen molar-refractivity contribution >= 4 is 41.7 Å². The molecule has 1 rings (SSSR count). The van der Waals surface area contributed by atoms with Gasteiger partial charge in [-0.05, 0) is 37.3 Å². The molecule has 1 aromatic carbocycles. The lowest BCUT2D eigenvalue weighted by Crippen LogP contribution is -2.44. The Balaban J connectivity index is 0.00000441. The molecule has 126 valence electrons. The monoisotopic (exact) mass is 435 g/mol. The fourth-order valence-electron chi connectivity index (χ4n) is 2.16. The molecule has 0 fully saturated rings. The molecule has 0 aliphatic heterocycles. The van der Waals surface area contributed by atoms with E-state index < -0.39 is 0 Å². The van der Waals surface area contributed by atoms with Gasteiger partial charge in [-0.25, -0.2) is 0 Å². The molecule has 0 saturated heterocycles. The molecular weight excluding hydrogens is 405 g/mol. The van der Waals surface area contributed by atoms with Crippen molar-refractivity contribution in [3.63, 3.8) is 0 Å². The van der Waals surface area contributed by atoms with Gasteiger partial charge in [-0.2, -0.15) is 11.8 Å². The Kier molecular flexibility index (Phi) is 12.8. The van der Waals surface area contributed by atoms with E-state index in [1.54, 1.807) is 0 Å². The number of nitrogens with zero attached hydrogens (tertiary/aromatic N) is 1. The molecule has 0 bridgehead atoms. The number of benzene rings is 1. The largest absolute Gasteiger partial charge is 0.356 e. The number of unbranched alkanes of at least 4 members (excludes halogenated alkanes) is 1. The van der Waals surface area contributed by atoms with Crippen LogP contribution in [0.2, 0.25) is 0 Å². The quantitative estimate of drug-likeness (QED) is 0.279. The molecule has 0 spiro atoms. The van der Waals surface area contributed by atoms with E-state index in [1.165, 1.54) is 24.2 Å². The van der Waals surface area contributed by atoms with Gasteiger partial charge in [0.15, 0.2) is 5.96 Å². The van der Waals surface area contributed by atoms with Gasteiger partial charge in [0.2, 0.25) is 0 Å². The predicted molar refractivity (Wildman–Crippen MR) is 112 cm³/mol. The van der Waals surface area contributed by atoms with Gasteiger partial charge in [-0.3, -0.25) is 4.99 Å². The normalized spacial score (nSPS) is 13.9. The predicted octanol–water partition coefficient (Wildman–Crippen LogP) is 4.10. The SMILES string of the molecule is CN=C(NCCCCSC)NC(C)C(C)c1ccccc1.I. The Morgan fingerprint density at radius 3 is 2.45 bits per heavy atom. The van der Waals surface area contributed by atoms with Crippen LogP contribution in [0.15, 0.2) is 35.3 Å². The zero-order chi connectivity index (χ0) is 15.5. The number of hydrogen-bond acceptors (Lipinski definition) is 2. The fraction of sp³-hybridized carbons (Fsp3) is 0.588. The van der Waals surface area contributed by atoms with Crippen LogP contribution in [-0.4, -0.2) is 37.6 Å². The molecule has 0 aromatic heterocycles. The minimum atomic E-state index is 0. The highest BCUT2D eigenvalue weighted by Crippen LogP contribution is 2.18. The number of guanidine groups is 1. The molecular formula is C17H30IN3S. The van der Waals surface area contributed by atoms with Gasteiger partial charge in [-0.15, -0.1) is 24.0 Å². The molecule has 0 amide bonds. The number of rotatable bonds is 8.